The van der Waals surface area contributed by atoms with Crippen molar-refractivity contribution in [2.45, 2.75) is 0 Å². The fourth-order valence-corrected chi connectivity index (χ4v) is 1.60. The van der Waals surface area contributed by atoms with E-state index >= 15 is 0 Å². The first-order valence-electron chi connectivity index (χ1n) is 5.20. The minimum absolute atomic E-state index is 0.141. The van der Waals surface area contributed by atoms with Gasteiger partial charge in [-0.15, -0.1) is 0 Å². The molecule has 1 fully saturated rings. The van der Waals surface area contributed by atoms with Crippen molar-refractivity contribution in [2.75, 3.05) is 31.7 Å². The summed E-state index contributed by atoms with van der Waals surface area (Å²) in [6.45, 7) is 2.31. The molecule has 92 valence electrons. The molecule has 0 atom stereocenters. The van der Waals surface area contributed by atoms with E-state index in [-0.39, 0.29) is 11.4 Å². The van der Waals surface area contributed by atoms with Gasteiger partial charge in [0.25, 0.3) is 5.69 Å². The molecule has 1 heterocycles. The summed E-state index contributed by atoms with van der Waals surface area (Å²) in [4.78, 5) is 10.2. The Hall–Kier alpha value is -1.73. The van der Waals surface area contributed by atoms with Crippen LogP contribution in [-0.4, -0.2) is 36.2 Å². The SMILES string of the molecule is O=[N+]([O-])c1ccc(F)cc1NN1CCOCC1. The minimum atomic E-state index is -0.539. The lowest BCUT2D eigenvalue weighted by Gasteiger charge is -2.27. The Kier molecular flexibility index (Phi) is 3.50. The Morgan fingerprint density at radius 1 is 1.41 bits per heavy atom. The van der Waals surface area contributed by atoms with Crippen LogP contribution in [0.2, 0.25) is 0 Å². The highest BCUT2D eigenvalue weighted by Crippen LogP contribution is 2.25. The summed E-state index contributed by atoms with van der Waals surface area (Å²) < 4.78 is 18.2. The van der Waals surface area contributed by atoms with E-state index in [4.69, 9.17) is 4.74 Å². The van der Waals surface area contributed by atoms with Gasteiger partial charge in [-0.3, -0.25) is 10.1 Å². The second-order valence-corrected chi connectivity index (χ2v) is 3.63. The fourth-order valence-electron chi connectivity index (χ4n) is 1.60. The van der Waals surface area contributed by atoms with Crippen LogP contribution < -0.4 is 5.43 Å². The Labute approximate surface area is 97.1 Å². The fraction of sp³-hybridized carbons (Fsp3) is 0.400. The molecular weight excluding hydrogens is 229 g/mol. The van der Waals surface area contributed by atoms with Crippen molar-refractivity contribution in [3.8, 4) is 0 Å². The van der Waals surface area contributed by atoms with Crippen LogP contribution in [0, 0.1) is 15.9 Å². The highest BCUT2D eigenvalue weighted by atomic mass is 19.1. The summed E-state index contributed by atoms with van der Waals surface area (Å²) in [5.41, 5.74) is 2.87. The summed E-state index contributed by atoms with van der Waals surface area (Å²) in [5.74, 6) is -0.508. The third-order valence-electron chi connectivity index (χ3n) is 2.44. The third kappa shape index (κ3) is 2.89. The smallest absolute Gasteiger partial charge is 0.293 e. The molecule has 0 saturated carbocycles. The zero-order chi connectivity index (χ0) is 12.3. The lowest BCUT2D eigenvalue weighted by molar-refractivity contribution is -0.384. The number of rotatable bonds is 3. The number of nitro benzene ring substituents is 1. The van der Waals surface area contributed by atoms with Gasteiger partial charge in [0.05, 0.1) is 18.1 Å². The molecule has 1 saturated heterocycles. The molecule has 0 unspecified atom stereocenters. The Morgan fingerprint density at radius 2 is 2.12 bits per heavy atom. The quantitative estimate of drug-likeness (QED) is 0.639. The first-order valence-corrected chi connectivity index (χ1v) is 5.20. The number of hydrogen-bond donors (Lipinski definition) is 1. The van der Waals surface area contributed by atoms with E-state index in [1.54, 1.807) is 5.01 Å². The molecule has 0 radical (unpaired) electrons. The van der Waals surface area contributed by atoms with Crippen LogP contribution in [0.1, 0.15) is 0 Å². The molecule has 17 heavy (non-hydrogen) atoms. The Morgan fingerprint density at radius 3 is 2.76 bits per heavy atom. The average Bonchev–Trinajstić information content (AvgIpc) is 2.30. The predicted octanol–water partition coefficient (Wildman–Crippen LogP) is 1.39. The number of ether oxygens (including phenoxy) is 1. The average molecular weight is 241 g/mol. The number of nitrogens with zero attached hydrogens (tertiary/aromatic N) is 2. The summed E-state index contributed by atoms with van der Waals surface area (Å²) >= 11 is 0. The largest absolute Gasteiger partial charge is 0.379 e. The van der Waals surface area contributed by atoms with E-state index < -0.39 is 10.7 Å². The van der Waals surface area contributed by atoms with Crippen molar-refractivity contribution in [1.82, 2.24) is 5.01 Å². The maximum absolute atomic E-state index is 13.1. The van der Waals surface area contributed by atoms with E-state index in [1.807, 2.05) is 0 Å². The van der Waals surface area contributed by atoms with Crippen molar-refractivity contribution in [2.24, 2.45) is 0 Å². The molecular formula is C10H12FN3O3. The van der Waals surface area contributed by atoms with Gasteiger partial charge >= 0.3 is 0 Å². The summed E-state index contributed by atoms with van der Waals surface area (Å²) in [6, 6.07) is 3.34. The van der Waals surface area contributed by atoms with Gasteiger partial charge in [0.1, 0.15) is 11.5 Å². The molecule has 1 N–H and O–H groups in total. The number of halogens is 1. The molecule has 1 aliphatic rings. The van der Waals surface area contributed by atoms with E-state index in [9.17, 15) is 14.5 Å². The highest BCUT2D eigenvalue weighted by molar-refractivity contribution is 5.60. The van der Waals surface area contributed by atoms with Crippen LogP contribution in [0.25, 0.3) is 0 Å². The number of benzene rings is 1. The molecule has 7 heteroatoms. The molecule has 0 bridgehead atoms. The van der Waals surface area contributed by atoms with Gasteiger partial charge in [-0.2, -0.15) is 0 Å². The lowest BCUT2D eigenvalue weighted by atomic mass is 10.2. The number of anilines is 1. The Bertz CT molecular complexity index is 421. The lowest BCUT2D eigenvalue weighted by Crippen LogP contribution is -2.40. The molecule has 2 rings (SSSR count). The van der Waals surface area contributed by atoms with Crippen molar-refractivity contribution < 1.29 is 14.1 Å². The van der Waals surface area contributed by atoms with Crippen molar-refractivity contribution in [3.05, 3.63) is 34.1 Å². The maximum atomic E-state index is 13.1. The van der Waals surface area contributed by atoms with Gasteiger partial charge in [-0.1, -0.05) is 0 Å². The Balaban J connectivity index is 2.17. The first kappa shape index (κ1) is 11.7. The topological polar surface area (TPSA) is 67.6 Å². The number of morpholine rings is 1. The second kappa shape index (κ2) is 5.07. The molecule has 0 amide bonds. The number of hydrazine groups is 1. The number of nitro groups is 1. The van der Waals surface area contributed by atoms with Crippen LogP contribution in [0.15, 0.2) is 18.2 Å². The molecule has 6 nitrogen and oxygen atoms in total. The standard InChI is InChI=1S/C10H12FN3O3/c11-8-1-2-10(14(15)16)9(7-8)12-13-3-5-17-6-4-13/h1-2,7,12H,3-6H2. The van der Waals surface area contributed by atoms with Crippen LogP contribution in [-0.2, 0) is 4.74 Å². The normalized spacial score (nSPS) is 16.8. The van der Waals surface area contributed by atoms with Gasteiger partial charge in [0.2, 0.25) is 0 Å². The van der Waals surface area contributed by atoms with Gasteiger partial charge in [-0.05, 0) is 6.07 Å². The van der Waals surface area contributed by atoms with E-state index in [0.717, 1.165) is 18.2 Å². The highest BCUT2D eigenvalue weighted by Gasteiger charge is 2.18. The van der Waals surface area contributed by atoms with Crippen LogP contribution in [0.5, 0.6) is 0 Å². The van der Waals surface area contributed by atoms with Crippen molar-refractivity contribution >= 4 is 11.4 Å². The number of hydrogen-bond acceptors (Lipinski definition) is 5. The minimum Gasteiger partial charge on any atom is -0.379 e. The summed E-state index contributed by atoms with van der Waals surface area (Å²) in [5, 5.41) is 12.5. The molecule has 0 aromatic heterocycles. The van der Waals surface area contributed by atoms with E-state index in [2.05, 4.69) is 5.43 Å². The van der Waals surface area contributed by atoms with Crippen LogP contribution in [0.4, 0.5) is 15.8 Å². The second-order valence-electron chi connectivity index (χ2n) is 3.63. The van der Waals surface area contributed by atoms with E-state index in [0.29, 0.717) is 26.3 Å². The van der Waals surface area contributed by atoms with Crippen molar-refractivity contribution in [3.63, 3.8) is 0 Å². The third-order valence-corrected chi connectivity index (χ3v) is 2.44. The van der Waals surface area contributed by atoms with Gasteiger partial charge < -0.3 is 10.2 Å². The zero-order valence-corrected chi connectivity index (χ0v) is 9.06. The monoisotopic (exact) mass is 241 g/mol. The molecule has 1 aromatic rings. The molecule has 0 spiro atoms. The van der Waals surface area contributed by atoms with Gasteiger partial charge in [0, 0.05) is 25.2 Å². The number of nitrogens with one attached hydrogen (secondary N) is 1. The molecule has 0 aliphatic carbocycles. The maximum Gasteiger partial charge on any atom is 0.293 e. The molecule has 1 aromatic carbocycles. The van der Waals surface area contributed by atoms with E-state index in [1.165, 1.54) is 0 Å². The summed E-state index contributed by atoms with van der Waals surface area (Å²) in [7, 11) is 0. The predicted molar refractivity (Wildman–Crippen MR) is 59.1 cm³/mol. The zero-order valence-electron chi connectivity index (χ0n) is 9.06. The van der Waals surface area contributed by atoms with Crippen LogP contribution >= 0.6 is 0 Å². The van der Waals surface area contributed by atoms with Gasteiger partial charge in [-0.25, -0.2) is 9.40 Å². The van der Waals surface area contributed by atoms with Crippen LogP contribution in [0.3, 0.4) is 0 Å². The van der Waals surface area contributed by atoms with Crippen molar-refractivity contribution in [1.29, 1.82) is 0 Å². The summed E-state index contributed by atoms with van der Waals surface area (Å²) in [6.07, 6.45) is 0. The van der Waals surface area contributed by atoms with Gasteiger partial charge in [0.15, 0.2) is 0 Å². The first-order chi connectivity index (χ1) is 8.16. The molecule has 1 aliphatic heterocycles.